The van der Waals surface area contributed by atoms with Gasteiger partial charge in [0.1, 0.15) is 6.61 Å². The molecule has 0 aliphatic heterocycles. The zero-order valence-electron chi connectivity index (χ0n) is 8.36. The van der Waals surface area contributed by atoms with E-state index in [-0.39, 0.29) is 11.9 Å². The second-order valence-electron chi connectivity index (χ2n) is 3.43. The van der Waals surface area contributed by atoms with E-state index in [0.717, 1.165) is 10.5 Å². The molecule has 1 aromatic rings. The van der Waals surface area contributed by atoms with Crippen molar-refractivity contribution >= 4 is 18.6 Å². The average molecular weight is 210 g/mol. The van der Waals surface area contributed by atoms with Crippen LogP contribution >= 0.6 is 12.6 Å². The molecule has 0 saturated carbocycles. The standard InChI is InChI=1S/C11H14O2S/c1-8(2)11(12)13-7-9-3-5-10(14)6-4-9/h3-6,8,14H,7H2,1-2H3. The van der Waals surface area contributed by atoms with Crippen LogP contribution in [0.2, 0.25) is 0 Å². The molecule has 76 valence electrons. The lowest BCUT2D eigenvalue weighted by Crippen LogP contribution is -2.11. The molecule has 0 fully saturated rings. The Morgan fingerprint density at radius 1 is 1.36 bits per heavy atom. The van der Waals surface area contributed by atoms with Crippen molar-refractivity contribution in [3.63, 3.8) is 0 Å². The second kappa shape index (κ2) is 5.05. The molecule has 0 heterocycles. The van der Waals surface area contributed by atoms with Gasteiger partial charge >= 0.3 is 5.97 Å². The van der Waals surface area contributed by atoms with E-state index in [1.165, 1.54) is 0 Å². The van der Waals surface area contributed by atoms with Gasteiger partial charge in [0.25, 0.3) is 0 Å². The predicted octanol–water partition coefficient (Wildman–Crippen LogP) is 2.67. The molecular weight excluding hydrogens is 196 g/mol. The summed E-state index contributed by atoms with van der Waals surface area (Å²) in [4.78, 5) is 12.1. The Kier molecular flexibility index (Phi) is 4.01. The van der Waals surface area contributed by atoms with E-state index in [1.807, 2.05) is 38.1 Å². The Morgan fingerprint density at radius 2 is 1.93 bits per heavy atom. The van der Waals surface area contributed by atoms with Gasteiger partial charge in [-0.1, -0.05) is 26.0 Å². The molecule has 1 aromatic carbocycles. The molecule has 0 unspecified atom stereocenters. The van der Waals surface area contributed by atoms with Gasteiger partial charge in [0.2, 0.25) is 0 Å². The van der Waals surface area contributed by atoms with E-state index < -0.39 is 0 Å². The Labute approximate surface area is 89.7 Å². The molecular formula is C11H14O2S. The third-order valence-corrected chi connectivity index (χ3v) is 2.09. The first kappa shape index (κ1) is 11.1. The van der Waals surface area contributed by atoms with Gasteiger partial charge in [-0.15, -0.1) is 12.6 Å². The van der Waals surface area contributed by atoms with E-state index in [1.54, 1.807) is 0 Å². The van der Waals surface area contributed by atoms with E-state index in [2.05, 4.69) is 12.6 Å². The number of rotatable bonds is 3. The number of carbonyl (C=O) groups excluding carboxylic acids is 1. The maximum absolute atomic E-state index is 11.1. The highest BCUT2D eigenvalue weighted by molar-refractivity contribution is 7.80. The van der Waals surface area contributed by atoms with Crippen LogP contribution in [0.1, 0.15) is 19.4 Å². The van der Waals surface area contributed by atoms with Gasteiger partial charge in [-0.3, -0.25) is 4.79 Å². The number of benzene rings is 1. The van der Waals surface area contributed by atoms with Crippen LogP contribution in [-0.4, -0.2) is 5.97 Å². The van der Waals surface area contributed by atoms with Crippen LogP contribution < -0.4 is 0 Å². The maximum Gasteiger partial charge on any atom is 0.308 e. The van der Waals surface area contributed by atoms with E-state index in [9.17, 15) is 4.79 Å². The highest BCUT2D eigenvalue weighted by Crippen LogP contribution is 2.09. The summed E-state index contributed by atoms with van der Waals surface area (Å²) >= 11 is 4.17. The summed E-state index contributed by atoms with van der Waals surface area (Å²) in [6.07, 6.45) is 0. The zero-order valence-corrected chi connectivity index (χ0v) is 9.25. The molecule has 0 atom stereocenters. The summed E-state index contributed by atoms with van der Waals surface area (Å²) in [5.74, 6) is -0.237. The fraction of sp³-hybridized carbons (Fsp3) is 0.364. The zero-order chi connectivity index (χ0) is 10.6. The molecule has 2 nitrogen and oxygen atoms in total. The van der Waals surface area contributed by atoms with Crippen molar-refractivity contribution in [1.29, 1.82) is 0 Å². The summed E-state index contributed by atoms with van der Waals surface area (Å²) in [5.41, 5.74) is 0.983. The SMILES string of the molecule is CC(C)C(=O)OCc1ccc(S)cc1. The Morgan fingerprint density at radius 3 is 2.43 bits per heavy atom. The first-order chi connectivity index (χ1) is 6.59. The van der Waals surface area contributed by atoms with Gasteiger partial charge < -0.3 is 4.74 Å². The Balaban J connectivity index is 2.46. The highest BCUT2D eigenvalue weighted by atomic mass is 32.1. The van der Waals surface area contributed by atoms with Gasteiger partial charge in [0.15, 0.2) is 0 Å². The summed E-state index contributed by atoms with van der Waals surface area (Å²) in [7, 11) is 0. The third kappa shape index (κ3) is 3.42. The highest BCUT2D eigenvalue weighted by Gasteiger charge is 2.07. The van der Waals surface area contributed by atoms with Gasteiger partial charge in [-0.25, -0.2) is 0 Å². The first-order valence-electron chi connectivity index (χ1n) is 4.54. The second-order valence-corrected chi connectivity index (χ2v) is 3.95. The monoisotopic (exact) mass is 210 g/mol. The number of hydrogen-bond donors (Lipinski definition) is 1. The lowest BCUT2D eigenvalue weighted by atomic mass is 10.2. The van der Waals surface area contributed by atoms with Crippen molar-refractivity contribution in [2.75, 3.05) is 0 Å². The summed E-state index contributed by atoms with van der Waals surface area (Å²) < 4.78 is 5.07. The number of esters is 1. The minimum atomic E-state index is -0.167. The lowest BCUT2D eigenvalue weighted by Gasteiger charge is -2.06. The minimum absolute atomic E-state index is 0.0702. The molecule has 1 rings (SSSR count). The topological polar surface area (TPSA) is 26.3 Å². The van der Waals surface area contributed by atoms with E-state index in [4.69, 9.17) is 4.74 Å². The van der Waals surface area contributed by atoms with Crippen LogP contribution in [0.25, 0.3) is 0 Å². The molecule has 14 heavy (non-hydrogen) atoms. The number of ether oxygens (including phenoxy) is 1. The van der Waals surface area contributed by atoms with Crippen LogP contribution in [0.4, 0.5) is 0 Å². The van der Waals surface area contributed by atoms with Crippen molar-refractivity contribution in [2.45, 2.75) is 25.3 Å². The summed E-state index contributed by atoms with van der Waals surface area (Å²) in [5, 5.41) is 0. The molecule has 0 bridgehead atoms. The fourth-order valence-corrected chi connectivity index (χ4v) is 1.06. The third-order valence-electron chi connectivity index (χ3n) is 1.79. The molecule has 0 aromatic heterocycles. The van der Waals surface area contributed by atoms with Crippen LogP contribution in [0.3, 0.4) is 0 Å². The number of hydrogen-bond acceptors (Lipinski definition) is 3. The predicted molar refractivity (Wildman–Crippen MR) is 58.3 cm³/mol. The molecule has 0 amide bonds. The molecule has 3 heteroatoms. The van der Waals surface area contributed by atoms with Crippen molar-refractivity contribution in [3.8, 4) is 0 Å². The van der Waals surface area contributed by atoms with Gasteiger partial charge in [-0.2, -0.15) is 0 Å². The van der Waals surface area contributed by atoms with Gasteiger partial charge in [0.05, 0.1) is 5.92 Å². The summed E-state index contributed by atoms with van der Waals surface area (Å²) in [6.45, 7) is 3.98. The van der Waals surface area contributed by atoms with Crippen molar-refractivity contribution in [2.24, 2.45) is 5.92 Å². The van der Waals surface area contributed by atoms with Crippen LogP contribution in [0.15, 0.2) is 29.2 Å². The molecule has 0 radical (unpaired) electrons. The minimum Gasteiger partial charge on any atom is -0.461 e. The number of carbonyl (C=O) groups is 1. The van der Waals surface area contributed by atoms with Crippen LogP contribution in [0.5, 0.6) is 0 Å². The molecule has 0 N–H and O–H groups in total. The molecule has 0 aliphatic rings. The van der Waals surface area contributed by atoms with Crippen LogP contribution in [0, 0.1) is 5.92 Å². The van der Waals surface area contributed by atoms with Crippen molar-refractivity contribution < 1.29 is 9.53 Å². The van der Waals surface area contributed by atoms with Gasteiger partial charge in [-0.05, 0) is 17.7 Å². The smallest absolute Gasteiger partial charge is 0.308 e. The molecule has 0 aliphatic carbocycles. The average Bonchev–Trinajstić information content (AvgIpc) is 2.16. The van der Waals surface area contributed by atoms with Crippen LogP contribution in [-0.2, 0) is 16.1 Å². The van der Waals surface area contributed by atoms with E-state index >= 15 is 0 Å². The lowest BCUT2D eigenvalue weighted by molar-refractivity contribution is -0.148. The first-order valence-corrected chi connectivity index (χ1v) is 4.99. The van der Waals surface area contributed by atoms with Crippen molar-refractivity contribution in [1.82, 2.24) is 0 Å². The van der Waals surface area contributed by atoms with Crippen molar-refractivity contribution in [3.05, 3.63) is 29.8 Å². The Hall–Kier alpha value is -0.960. The summed E-state index contributed by atoms with van der Waals surface area (Å²) in [6, 6.07) is 7.55. The normalized spacial score (nSPS) is 10.3. The largest absolute Gasteiger partial charge is 0.461 e. The van der Waals surface area contributed by atoms with E-state index in [0.29, 0.717) is 6.61 Å². The Bertz CT molecular complexity index is 304. The van der Waals surface area contributed by atoms with Gasteiger partial charge in [0, 0.05) is 4.90 Å². The quantitative estimate of drug-likeness (QED) is 0.613. The molecule has 0 saturated heterocycles. The molecule has 0 spiro atoms. The maximum atomic E-state index is 11.1. The number of thiol groups is 1. The fourth-order valence-electron chi connectivity index (χ4n) is 0.913.